The van der Waals surface area contributed by atoms with Gasteiger partial charge in [0.2, 0.25) is 5.91 Å². The third-order valence-corrected chi connectivity index (χ3v) is 6.50. The summed E-state index contributed by atoms with van der Waals surface area (Å²) in [7, 11) is -1.43. The van der Waals surface area contributed by atoms with Gasteiger partial charge in [-0.05, 0) is 18.9 Å². The zero-order valence-corrected chi connectivity index (χ0v) is 15.8. The highest BCUT2D eigenvalue weighted by atomic mass is 32.2. The third-order valence-electron chi connectivity index (χ3n) is 4.75. The molecular weight excluding hydrogens is 354 g/mol. The van der Waals surface area contributed by atoms with Crippen molar-refractivity contribution in [2.24, 2.45) is 5.10 Å². The first-order valence-electron chi connectivity index (χ1n) is 8.66. The predicted molar refractivity (Wildman–Crippen MR) is 98.2 cm³/mol. The maximum absolute atomic E-state index is 12.7. The Kier molecular flexibility index (Phi) is 5.13. The molecule has 1 aromatic rings. The maximum Gasteiger partial charge on any atom is 0.270 e. The molecule has 1 fully saturated rings. The van der Waals surface area contributed by atoms with E-state index in [0.29, 0.717) is 18.7 Å². The van der Waals surface area contributed by atoms with Crippen molar-refractivity contribution in [3.8, 4) is 0 Å². The fourth-order valence-electron chi connectivity index (χ4n) is 3.24. The van der Waals surface area contributed by atoms with E-state index in [-0.39, 0.29) is 36.2 Å². The topological polar surface area (TPSA) is 87.1 Å². The SMILES string of the molecule is Cc1ccc(CN(C)C(=O)C2=NN(C3CCS(=O)(=O)C3)C(=O)CC2)cc1. The molecule has 1 unspecified atom stereocenters. The van der Waals surface area contributed by atoms with Crippen molar-refractivity contribution in [3.63, 3.8) is 0 Å². The second-order valence-corrected chi connectivity index (χ2v) is 9.22. The van der Waals surface area contributed by atoms with Crippen LogP contribution in [0.1, 0.15) is 30.4 Å². The number of sulfone groups is 1. The Hall–Kier alpha value is -2.22. The highest BCUT2D eigenvalue weighted by molar-refractivity contribution is 7.91. The van der Waals surface area contributed by atoms with E-state index in [9.17, 15) is 18.0 Å². The van der Waals surface area contributed by atoms with Gasteiger partial charge in [-0.3, -0.25) is 9.59 Å². The van der Waals surface area contributed by atoms with E-state index in [1.807, 2.05) is 31.2 Å². The Morgan fingerprint density at radius 2 is 1.96 bits per heavy atom. The fourth-order valence-corrected chi connectivity index (χ4v) is 4.93. The number of carbonyl (C=O) groups excluding carboxylic acids is 2. The molecule has 8 heteroatoms. The molecule has 0 bridgehead atoms. The lowest BCUT2D eigenvalue weighted by molar-refractivity contribution is -0.134. The lowest BCUT2D eigenvalue weighted by Gasteiger charge is -2.29. The number of amides is 2. The van der Waals surface area contributed by atoms with Crippen LogP contribution in [0.4, 0.5) is 0 Å². The smallest absolute Gasteiger partial charge is 0.270 e. The second kappa shape index (κ2) is 7.19. The van der Waals surface area contributed by atoms with E-state index in [1.54, 1.807) is 11.9 Å². The molecule has 140 valence electrons. The van der Waals surface area contributed by atoms with Gasteiger partial charge in [-0.25, -0.2) is 13.4 Å². The number of rotatable bonds is 4. The van der Waals surface area contributed by atoms with Crippen LogP contribution in [0, 0.1) is 6.92 Å². The molecule has 0 N–H and O–H groups in total. The molecule has 7 nitrogen and oxygen atoms in total. The molecule has 0 spiro atoms. The fraction of sp³-hybridized carbons (Fsp3) is 0.500. The van der Waals surface area contributed by atoms with Gasteiger partial charge in [-0.2, -0.15) is 5.10 Å². The number of hydrogen-bond donors (Lipinski definition) is 0. The van der Waals surface area contributed by atoms with Gasteiger partial charge in [-0.15, -0.1) is 0 Å². The van der Waals surface area contributed by atoms with E-state index in [2.05, 4.69) is 5.10 Å². The summed E-state index contributed by atoms with van der Waals surface area (Å²) in [6.45, 7) is 2.45. The van der Waals surface area contributed by atoms with Crippen LogP contribution in [-0.4, -0.2) is 60.4 Å². The molecular formula is C18H23N3O4S. The molecule has 2 amide bonds. The monoisotopic (exact) mass is 377 g/mol. The average molecular weight is 377 g/mol. The van der Waals surface area contributed by atoms with Gasteiger partial charge in [0.05, 0.1) is 17.5 Å². The number of aryl methyl sites for hydroxylation is 1. The summed E-state index contributed by atoms with van der Waals surface area (Å²) < 4.78 is 23.4. The van der Waals surface area contributed by atoms with E-state index < -0.39 is 15.9 Å². The van der Waals surface area contributed by atoms with Crippen molar-refractivity contribution < 1.29 is 18.0 Å². The molecule has 0 aliphatic carbocycles. The molecule has 26 heavy (non-hydrogen) atoms. The van der Waals surface area contributed by atoms with Crippen LogP contribution in [0.15, 0.2) is 29.4 Å². The minimum atomic E-state index is -3.13. The van der Waals surface area contributed by atoms with Gasteiger partial charge >= 0.3 is 0 Å². The molecule has 2 aliphatic heterocycles. The van der Waals surface area contributed by atoms with Crippen LogP contribution in [0.25, 0.3) is 0 Å². The molecule has 3 rings (SSSR count). The largest absolute Gasteiger partial charge is 0.336 e. The minimum Gasteiger partial charge on any atom is -0.336 e. The first kappa shape index (κ1) is 18.6. The Balaban J connectivity index is 1.72. The van der Waals surface area contributed by atoms with E-state index in [1.165, 1.54) is 5.01 Å². The van der Waals surface area contributed by atoms with Crippen molar-refractivity contribution in [3.05, 3.63) is 35.4 Å². The molecule has 0 saturated carbocycles. The molecule has 1 aromatic carbocycles. The Morgan fingerprint density at radius 3 is 2.58 bits per heavy atom. The van der Waals surface area contributed by atoms with Crippen LogP contribution in [0.2, 0.25) is 0 Å². The lowest BCUT2D eigenvalue weighted by atomic mass is 10.1. The molecule has 2 aliphatic rings. The summed E-state index contributed by atoms with van der Waals surface area (Å²) in [6, 6.07) is 7.47. The van der Waals surface area contributed by atoms with Crippen LogP contribution < -0.4 is 0 Å². The van der Waals surface area contributed by atoms with E-state index in [4.69, 9.17) is 0 Å². The van der Waals surface area contributed by atoms with Gasteiger partial charge in [0, 0.05) is 26.4 Å². The summed E-state index contributed by atoms with van der Waals surface area (Å²) in [6.07, 6.45) is 0.837. The van der Waals surface area contributed by atoms with Crippen LogP contribution >= 0.6 is 0 Å². The third kappa shape index (κ3) is 4.12. The first-order chi connectivity index (χ1) is 12.2. The summed E-state index contributed by atoms with van der Waals surface area (Å²) in [5, 5.41) is 5.46. The Labute approximate surface area is 153 Å². The molecule has 1 saturated heterocycles. The van der Waals surface area contributed by atoms with Crippen molar-refractivity contribution in [1.29, 1.82) is 0 Å². The van der Waals surface area contributed by atoms with Gasteiger partial charge in [0.1, 0.15) is 5.71 Å². The molecule has 1 atom stereocenters. The van der Waals surface area contributed by atoms with E-state index >= 15 is 0 Å². The van der Waals surface area contributed by atoms with Gasteiger partial charge < -0.3 is 4.90 Å². The van der Waals surface area contributed by atoms with Crippen molar-refractivity contribution in [2.45, 2.75) is 38.8 Å². The van der Waals surface area contributed by atoms with Crippen molar-refractivity contribution in [2.75, 3.05) is 18.6 Å². The second-order valence-electron chi connectivity index (χ2n) is 6.99. The normalized spacial score (nSPS) is 22.2. The Morgan fingerprint density at radius 1 is 1.27 bits per heavy atom. The quantitative estimate of drug-likeness (QED) is 0.787. The van der Waals surface area contributed by atoms with Crippen molar-refractivity contribution >= 4 is 27.4 Å². The lowest BCUT2D eigenvalue weighted by Crippen LogP contribution is -2.44. The Bertz CT molecular complexity index is 846. The average Bonchev–Trinajstić information content (AvgIpc) is 2.96. The maximum atomic E-state index is 12.7. The summed E-state index contributed by atoms with van der Waals surface area (Å²) in [5.41, 5.74) is 2.47. The summed E-state index contributed by atoms with van der Waals surface area (Å²) in [5.74, 6) is -0.468. The van der Waals surface area contributed by atoms with Crippen molar-refractivity contribution in [1.82, 2.24) is 9.91 Å². The predicted octanol–water partition coefficient (Wildman–Crippen LogP) is 1.12. The molecule has 0 aromatic heterocycles. The summed E-state index contributed by atoms with van der Waals surface area (Å²) in [4.78, 5) is 26.4. The van der Waals surface area contributed by atoms with Gasteiger partial charge in [0.25, 0.3) is 5.91 Å². The van der Waals surface area contributed by atoms with Gasteiger partial charge in [0.15, 0.2) is 9.84 Å². The van der Waals surface area contributed by atoms with Crippen LogP contribution in [-0.2, 0) is 26.0 Å². The molecule has 0 radical (unpaired) electrons. The standard InChI is InChI=1S/C18H23N3O4S/c1-13-3-5-14(6-4-13)11-20(2)18(23)16-7-8-17(22)21(19-16)15-9-10-26(24,25)12-15/h3-6,15H,7-12H2,1-2H3. The van der Waals surface area contributed by atoms with Gasteiger partial charge in [-0.1, -0.05) is 29.8 Å². The number of hydrazone groups is 1. The highest BCUT2D eigenvalue weighted by Crippen LogP contribution is 2.22. The molecule has 2 heterocycles. The highest BCUT2D eigenvalue weighted by Gasteiger charge is 2.37. The zero-order chi connectivity index (χ0) is 18.9. The van der Waals surface area contributed by atoms with E-state index in [0.717, 1.165) is 11.1 Å². The number of carbonyl (C=O) groups is 2. The number of hydrogen-bond acceptors (Lipinski definition) is 5. The number of nitrogens with zero attached hydrogens (tertiary/aromatic N) is 3. The minimum absolute atomic E-state index is 0.0631. The number of benzene rings is 1. The van der Waals surface area contributed by atoms with Crippen LogP contribution in [0.3, 0.4) is 0 Å². The van der Waals surface area contributed by atoms with Crippen LogP contribution in [0.5, 0.6) is 0 Å². The first-order valence-corrected chi connectivity index (χ1v) is 10.5. The summed E-state index contributed by atoms with van der Waals surface area (Å²) >= 11 is 0. The zero-order valence-electron chi connectivity index (χ0n) is 15.0.